The van der Waals surface area contributed by atoms with Crippen molar-refractivity contribution in [1.82, 2.24) is 15.0 Å². The molecule has 0 aliphatic heterocycles. The van der Waals surface area contributed by atoms with E-state index in [4.69, 9.17) is 19.4 Å². The molecule has 290 valence electrons. The van der Waals surface area contributed by atoms with E-state index in [1.54, 1.807) is 0 Å². The highest BCUT2D eigenvalue weighted by Gasteiger charge is 2.21. The van der Waals surface area contributed by atoms with Gasteiger partial charge in [-0.25, -0.2) is 15.0 Å². The number of rotatable bonds is 7. The van der Waals surface area contributed by atoms with Gasteiger partial charge in [-0.2, -0.15) is 0 Å². The van der Waals surface area contributed by atoms with Crippen molar-refractivity contribution in [3.05, 3.63) is 212 Å². The zero-order valence-electron chi connectivity index (χ0n) is 33.4. The number of nitrogens with zero attached hydrogens (tertiary/aromatic N) is 3. The van der Waals surface area contributed by atoms with Crippen LogP contribution in [0.4, 0.5) is 0 Å². The Labute approximate surface area is 362 Å². The van der Waals surface area contributed by atoms with Crippen LogP contribution in [0.3, 0.4) is 0 Å². The van der Waals surface area contributed by atoms with Gasteiger partial charge in [0.2, 0.25) is 0 Å². The lowest BCUT2D eigenvalue weighted by Gasteiger charge is -2.13. The number of thiophene rings is 1. The van der Waals surface area contributed by atoms with Gasteiger partial charge in [0.25, 0.3) is 0 Å². The van der Waals surface area contributed by atoms with Crippen molar-refractivity contribution in [3.63, 3.8) is 0 Å². The smallest absolute Gasteiger partial charge is 0.164 e. The van der Waals surface area contributed by atoms with Crippen molar-refractivity contribution in [2.75, 3.05) is 0 Å². The molecule has 12 rings (SSSR count). The molecule has 12 aromatic rings. The third kappa shape index (κ3) is 6.26. The highest BCUT2D eigenvalue weighted by atomic mass is 32.1. The molecule has 62 heavy (non-hydrogen) atoms. The Kier molecular flexibility index (Phi) is 8.65. The molecule has 0 fully saturated rings. The van der Waals surface area contributed by atoms with Crippen LogP contribution in [0, 0.1) is 0 Å². The van der Waals surface area contributed by atoms with Crippen molar-refractivity contribution >= 4 is 53.4 Å². The zero-order valence-corrected chi connectivity index (χ0v) is 34.2. The molecule has 5 heteroatoms. The number of benzene rings is 9. The van der Waals surface area contributed by atoms with Crippen molar-refractivity contribution in [3.8, 4) is 78.7 Å². The molecular formula is C57H35N3OS. The lowest BCUT2D eigenvalue weighted by Crippen LogP contribution is -2.00. The molecule has 0 bridgehead atoms. The molecule has 0 aliphatic rings. The topological polar surface area (TPSA) is 51.8 Å². The monoisotopic (exact) mass is 809 g/mol. The normalized spacial score (nSPS) is 11.5. The maximum Gasteiger partial charge on any atom is 0.164 e. The van der Waals surface area contributed by atoms with Gasteiger partial charge in [0.05, 0.1) is 0 Å². The molecule has 0 unspecified atom stereocenters. The molecule has 0 saturated carbocycles. The first kappa shape index (κ1) is 35.9. The molecule has 0 N–H and O–H groups in total. The molecular weight excluding hydrogens is 775 g/mol. The standard InChI is InChI=1S/C57H35N3OS/c1-4-15-36(16-5-1)41-33-42(37-17-6-2-7-18-37)35-43(34-41)57-59-55(39-19-8-3-9-20-39)58-56(60-57)40-29-27-38(28-30-40)44-31-32-46(53-52(44)49-22-10-12-25-50(49)61-53)48-24-14-23-47-45-21-11-13-26-51(45)62-54(47)48/h1-35H. The van der Waals surface area contributed by atoms with E-state index in [1.165, 1.54) is 25.7 Å². The van der Waals surface area contributed by atoms with Gasteiger partial charge in [-0.3, -0.25) is 0 Å². The summed E-state index contributed by atoms with van der Waals surface area (Å²) in [5, 5.41) is 4.75. The van der Waals surface area contributed by atoms with Crippen LogP contribution in [0.25, 0.3) is 121 Å². The molecule has 0 radical (unpaired) electrons. The molecule has 0 amide bonds. The van der Waals surface area contributed by atoms with Crippen LogP contribution in [-0.4, -0.2) is 15.0 Å². The predicted molar refractivity (Wildman–Crippen MR) is 258 cm³/mol. The summed E-state index contributed by atoms with van der Waals surface area (Å²) in [6.45, 7) is 0. The largest absolute Gasteiger partial charge is 0.455 e. The van der Waals surface area contributed by atoms with Gasteiger partial charge in [-0.15, -0.1) is 11.3 Å². The highest BCUT2D eigenvalue weighted by molar-refractivity contribution is 7.26. The Balaban J connectivity index is 0.994. The van der Waals surface area contributed by atoms with Crippen LogP contribution < -0.4 is 0 Å². The minimum Gasteiger partial charge on any atom is -0.455 e. The van der Waals surface area contributed by atoms with Crippen LogP contribution in [0.5, 0.6) is 0 Å². The van der Waals surface area contributed by atoms with Gasteiger partial charge in [-0.1, -0.05) is 176 Å². The first-order valence-electron chi connectivity index (χ1n) is 20.8. The number of hydrogen-bond acceptors (Lipinski definition) is 5. The summed E-state index contributed by atoms with van der Waals surface area (Å²) in [7, 11) is 0. The fourth-order valence-electron chi connectivity index (χ4n) is 8.74. The summed E-state index contributed by atoms with van der Waals surface area (Å²) in [6.07, 6.45) is 0. The van der Waals surface area contributed by atoms with E-state index in [1.807, 2.05) is 59.9 Å². The van der Waals surface area contributed by atoms with Crippen molar-refractivity contribution in [1.29, 1.82) is 0 Å². The first-order chi connectivity index (χ1) is 30.7. The van der Waals surface area contributed by atoms with E-state index in [0.29, 0.717) is 17.5 Å². The molecule has 9 aromatic carbocycles. The maximum absolute atomic E-state index is 6.78. The van der Waals surface area contributed by atoms with Crippen LogP contribution in [0.2, 0.25) is 0 Å². The Bertz CT molecular complexity index is 3560. The molecule has 0 aliphatic carbocycles. The summed E-state index contributed by atoms with van der Waals surface area (Å²) in [5.41, 5.74) is 13.4. The third-order valence-corrected chi connectivity index (χ3v) is 13.0. The minimum atomic E-state index is 0.609. The molecule has 3 heterocycles. The van der Waals surface area contributed by atoms with Crippen LogP contribution in [0.15, 0.2) is 217 Å². The summed E-state index contributed by atoms with van der Waals surface area (Å²) in [4.78, 5) is 15.4. The second kappa shape index (κ2) is 14.9. The summed E-state index contributed by atoms with van der Waals surface area (Å²) in [5.74, 6) is 1.85. The SMILES string of the molecule is c1ccc(-c2cc(-c3ccccc3)cc(-c3nc(-c4ccccc4)nc(-c4ccc(-c5ccc(-c6cccc7c6sc6ccccc67)c6oc7ccccc7c56)cc4)n3)c2)cc1. The van der Waals surface area contributed by atoms with Gasteiger partial charge in [-0.05, 0) is 69.8 Å². The van der Waals surface area contributed by atoms with E-state index < -0.39 is 0 Å². The van der Waals surface area contributed by atoms with E-state index in [9.17, 15) is 0 Å². The average molecular weight is 810 g/mol. The molecule has 0 spiro atoms. The maximum atomic E-state index is 6.78. The Hall–Kier alpha value is -7.99. The Morgan fingerprint density at radius 3 is 1.50 bits per heavy atom. The zero-order chi connectivity index (χ0) is 41.0. The van der Waals surface area contributed by atoms with Crippen molar-refractivity contribution in [2.24, 2.45) is 0 Å². The summed E-state index contributed by atoms with van der Waals surface area (Å²) < 4.78 is 9.33. The fourth-order valence-corrected chi connectivity index (χ4v) is 9.97. The second-order valence-corrected chi connectivity index (χ2v) is 16.6. The Morgan fingerprint density at radius 1 is 0.323 bits per heavy atom. The van der Waals surface area contributed by atoms with E-state index in [-0.39, 0.29) is 0 Å². The predicted octanol–water partition coefficient (Wildman–Crippen LogP) is 15.8. The number of fused-ring (bicyclic) bond motifs is 6. The van der Waals surface area contributed by atoms with Crippen LogP contribution >= 0.6 is 11.3 Å². The average Bonchev–Trinajstić information content (AvgIpc) is 3.94. The fraction of sp³-hybridized carbons (Fsp3) is 0. The van der Waals surface area contributed by atoms with Gasteiger partial charge < -0.3 is 4.42 Å². The van der Waals surface area contributed by atoms with Crippen LogP contribution in [0.1, 0.15) is 0 Å². The van der Waals surface area contributed by atoms with Crippen LogP contribution in [-0.2, 0) is 0 Å². The number of para-hydroxylation sites is 1. The molecule has 0 saturated heterocycles. The van der Waals surface area contributed by atoms with Crippen molar-refractivity contribution < 1.29 is 4.42 Å². The van der Waals surface area contributed by atoms with E-state index in [2.05, 4.69) is 164 Å². The van der Waals surface area contributed by atoms with E-state index >= 15 is 0 Å². The lowest BCUT2D eigenvalue weighted by molar-refractivity contribution is 0.670. The van der Waals surface area contributed by atoms with Gasteiger partial charge in [0.1, 0.15) is 11.2 Å². The second-order valence-electron chi connectivity index (χ2n) is 15.5. The highest BCUT2D eigenvalue weighted by Crippen LogP contribution is 2.46. The van der Waals surface area contributed by atoms with Gasteiger partial charge in [0.15, 0.2) is 17.5 Å². The third-order valence-electron chi connectivity index (χ3n) is 11.7. The minimum absolute atomic E-state index is 0.609. The molecule has 3 aromatic heterocycles. The molecule has 0 atom stereocenters. The lowest BCUT2D eigenvalue weighted by atomic mass is 9.93. The number of furan rings is 1. The Morgan fingerprint density at radius 2 is 0.823 bits per heavy atom. The summed E-state index contributed by atoms with van der Waals surface area (Å²) in [6, 6.07) is 74.4. The van der Waals surface area contributed by atoms with Gasteiger partial charge >= 0.3 is 0 Å². The number of hydrogen-bond donors (Lipinski definition) is 0. The quantitative estimate of drug-likeness (QED) is 0.161. The molecule has 4 nitrogen and oxygen atoms in total. The van der Waals surface area contributed by atoms with E-state index in [0.717, 1.165) is 77.6 Å². The first-order valence-corrected chi connectivity index (χ1v) is 21.6. The number of aromatic nitrogens is 3. The summed E-state index contributed by atoms with van der Waals surface area (Å²) >= 11 is 1.84. The van der Waals surface area contributed by atoms with Gasteiger partial charge in [0, 0.05) is 58.8 Å². The van der Waals surface area contributed by atoms with Crippen molar-refractivity contribution in [2.45, 2.75) is 0 Å².